The van der Waals surface area contributed by atoms with Gasteiger partial charge in [-0.1, -0.05) is 0 Å². The molecular formula is C16H29FN4O3. The van der Waals surface area contributed by atoms with Gasteiger partial charge in [-0.25, -0.2) is 14.2 Å². The maximum absolute atomic E-state index is 12.0. The molecule has 2 rings (SSSR count). The lowest BCUT2D eigenvalue weighted by atomic mass is 9.97. The number of hydrogen-bond acceptors (Lipinski definition) is 5. The Balaban J connectivity index is 0. The summed E-state index contributed by atoms with van der Waals surface area (Å²) in [4.78, 5) is 27.7. The zero-order valence-electron chi connectivity index (χ0n) is 14.3. The highest BCUT2D eigenvalue weighted by molar-refractivity contribution is 5.77. The van der Waals surface area contributed by atoms with E-state index in [1.165, 1.54) is 12.1 Å². The number of nitrogens with two attached hydrogens (primary N) is 2. The zero-order valence-corrected chi connectivity index (χ0v) is 14.3. The molecule has 0 spiro atoms. The van der Waals surface area contributed by atoms with E-state index in [4.69, 9.17) is 16.2 Å². The summed E-state index contributed by atoms with van der Waals surface area (Å²) < 4.78 is 17.2. The molecule has 1 aliphatic rings. The topological polar surface area (TPSA) is 112 Å². The quantitative estimate of drug-likeness (QED) is 0.812. The Morgan fingerprint density at radius 1 is 1.33 bits per heavy atom. The third-order valence-corrected chi connectivity index (χ3v) is 3.30. The van der Waals surface area contributed by atoms with E-state index in [2.05, 4.69) is 4.98 Å². The molecule has 0 bridgehead atoms. The number of primary amides is 1. The molecule has 24 heavy (non-hydrogen) atoms. The van der Waals surface area contributed by atoms with Crippen molar-refractivity contribution in [2.24, 2.45) is 11.7 Å². The molecule has 0 saturated carbocycles. The van der Waals surface area contributed by atoms with Crippen molar-refractivity contribution in [2.45, 2.75) is 39.2 Å². The average molecular weight is 344 g/mol. The van der Waals surface area contributed by atoms with E-state index in [9.17, 15) is 14.0 Å². The van der Waals surface area contributed by atoms with Gasteiger partial charge in [-0.05, 0) is 45.7 Å². The first-order valence-corrected chi connectivity index (χ1v) is 7.73. The summed E-state index contributed by atoms with van der Waals surface area (Å²) in [7, 11) is 0. The summed E-state index contributed by atoms with van der Waals surface area (Å²) in [5.74, 6) is -0.395. The number of likely N-dealkylation sites (tertiary alicyclic amines) is 1. The summed E-state index contributed by atoms with van der Waals surface area (Å²) in [6, 6.07) is 2.68. The van der Waals surface area contributed by atoms with Gasteiger partial charge in [-0.3, -0.25) is 4.79 Å². The fraction of sp³-hybridized carbons (Fsp3) is 0.562. The summed E-state index contributed by atoms with van der Waals surface area (Å²) in [5, 5.41) is 0. The van der Waals surface area contributed by atoms with Crippen molar-refractivity contribution in [3.63, 3.8) is 0 Å². The fourth-order valence-electron chi connectivity index (χ4n) is 2.06. The Bertz CT molecular complexity index is 539. The van der Waals surface area contributed by atoms with Gasteiger partial charge in [0.1, 0.15) is 17.2 Å². The highest BCUT2D eigenvalue weighted by atomic mass is 19.1. The number of nitrogens with zero attached hydrogens (tertiary/aromatic N) is 2. The van der Waals surface area contributed by atoms with E-state index in [1.54, 1.807) is 4.90 Å². The van der Waals surface area contributed by atoms with Crippen molar-refractivity contribution in [1.82, 2.24) is 9.88 Å². The van der Waals surface area contributed by atoms with Crippen molar-refractivity contribution in [1.29, 1.82) is 0 Å². The second-order valence-corrected chi connectivity index (χ2v) is 6.55. The van der Waals surface area contributed by atoms with Crippen molar-refractivity contribution < 1.29 is 21.6 Å². The SMILES string of the molecule is CC(C)(C)OC(=O)N1CCC(C(N)=O)CC1.Nc1ccc(F)cn1.[HH].[HH]. The largest absolute Gasteiger partial charge is 0.444 e. The lowest BCUT2D eigenvalue weighted by molar-refractivity contribution is -0.123. The Morgan fingerprint density at radius 2 is 1.92 bits per heavy atom. The van der Waals surface area contributed by atoms with Crippen molar-refractivity contribution in [3.05, 3.63) is 24.1 Å². The predicted octanol–water partition coefficient (Wildman–Crippen LogP) is 2.41. The van der Waals surface area contributed by atoms with Crippen LogP contribution in [0, 0.1) is 11.7 Å². The van der Waals surface area contributed by atoms with E-state index in [0.29, 0.717) is 31.7 Å². The number of anilines is 1. The number of hydrogen-bond donors (Lipinski definition) is 2. The molecule has 8 heteroatoms. The summed E-state index contributed by atoms with van der Waals surface area (Å²) >= 11 is 0. The normalized spacial score (nSPS) is 15.2. The van der Waals surface area contributed by atoms with Crippen LogP contribution in [-0.4, -0.2) is 40.6 Å². The first-order valence-electron chi connectivity index (χ1n) is 7.73. The number of halogens is 1. The molecule has 1 aromatic rings. The van der Waals surface area contributed by atoms with Crippen molar-refractivity contribution >= 4 is 17.8 Å². The molecule has 0 aromatic carbocycles. The smallest absolute Gasteiger partial charge is 0.410 e. The Hall–Kier alpha value is -2.38. The molecule has 1 aliphatic heterocycles. The van der Waals surface area contributed by atoms with Crippen LogP contribution in [0.2, 0.25) is 0 Å². The second-order valence-electron chi connectivity index (χ2n) is 6.55. The molecule has 1 aromatic heterocycles. The lowest BCUT2D eigenvalue weighted by Gasteiger charge is -2.32. The maximum atomic E-state index is 12.0. The van der Waals surface area contributed by atoms with Gasteiger partial charge < -0.3 is 21.1 Å². The number of amides is 2. The van der Waals surface area contributed by atoms with Crippen LogP contribution in [0.25, 0.3) is 0 Å². The van der Waals surface area contributed by atoms with Gasteiger partial charge in [-0.2, -0.15) is 0 Å². The first-order chi connectivity index (χ1) is 11.1. The van der Waals surface area contributed by atoms with Gasteiger partial charge in [-0.15, -0.1) is 0 Å². The number of aromatic nitrogens is 1. The second kappa shape index (κ2) is 8.47. The van der Waals surface area contributed by atoms with Crippen LogP contribution >= 0.6 is 0 Å². The van der Waals surface area contributed by atoms with Gasteiger partial charge in [0, 0.05) is 21.9 Å². The van der Waals surface area contributed by atoms with Crippen LogP contribution in [0.5, 0.6) is 0 Å². The standard InChI is InChI=1S/C11H20N2O3.C5H5FN2.2H2/c1-11(2,3)16-10(15)13-6-4-8(5-7-13)9(12)14;6-4-1-2-5(7)8-3-4;;/h8H,4-7H2,1-3H3,(H2,12,14);1-3H,(H2,7,8);2*1H. The molecule has 2 heterocycles. The number of pyridine rings is 1. The molecule has 1 fully saturated rings. The molecule has 4 N–H and O–H groups in total. The van der Waals surface area contributed by atoms with Crippen LogP contribution in [0.3, 0.4) is 0 Å². The minimum absolute atomic E-state index is 0. The molecule has 0 unspecified atom stereocenters. The van der Waals surface area contributed by atoms with Gasteiger partial charge in [0.05, 0.1) is 6.20 Å². The molecule has 1 saturated heterocycles. The van der Waals surface area contributed by atoms with Crippen LogP contribution in [-0.2, 0) is 9.53 Å². The molecule has 0 atom stereocenters. The third kappa shape index (κ3) is 7.26. The van der Waals surface area contributed by atoms with Crippen molar-refractivity contribution in [2.75, 3.05) is 18.8 Å². The van der Waals surface area contributed by atoms with Crippen LogP contribution in [0.4, 0.5) is 15.0 Å². The first kappa shape index (κ1) is 19.7. The average Bonchev–Trinajstić information content (AvgIpc) is 2.49. The number of carbonyl (C=O) groups is 2. The minimum Gasteiger partial charge on any atom is -0.444 e. The van der Waals surface area contributed by atoms with Crippen LogP contribution in [0.15, 0.2) is 18.3 Å². The van der Waals surface area contributed by atoms with Crippen LogP contribution < -0.4 is 11.5 Å². The molecule has 138 valence electrons. The Labute approximate surface area is 144 Å². The van der Waals surface area contributed by atoms with Crippen LogP contribution in [0.1, 0.15) is 36.5 Å². The molecule has 0 radical (unpaired) electrons. The van der Waals surface area contributed by atoms with Gasteiger partial charge >= 0.3 is 6.09 Å². The van der Waals surface area contributed by atoms with Crippen molar-refractivity contribution in [3.8, 4) is 0 Å². The number of rotatable bonds is 1. The predicted molar refractivity (Wildman–Crippen MR) is 92.6 cm³/mol. The van der Waals surface area contributed by atoms with E-state index >= 15 is 0 Å². The Kier molecular flexibility index (Phi) is 6.94. The summed E-state index contributed by atoms with van der Waals surface area (Å²) in [6.07, 6.45) is 2.04. The highest BCUT2D eigenvalue weighted by Crippen LogP contribution is 2.19. The minimum atomic E-state index is -0.475. The zero-order chi connectivity index (χ0) is 18.3. The number of piperidine rings is 1. The number of carbonyl (C=O) groups excluding carboxylic acids is 2. The lowest BCUT2D eigenvalue weighted by Crippen LogP contribution is -2.43. The monoisotopic (exact) mass is 344 g/mol. The number of ether oxygens (including phenoxy) is 1. The third-order valence-electron chi connectivity index (χ3n) is 3.30. The van der Waals surface area contributed by atoms with E-state index in [0.717, 1.165) is 6.20 Å². The van der Waals surface area contributed by atoms with Gasteiger partial charge in [0.15, 0.2) is 0 Å². The molecule has 0 aliphatic carbocycles. The highest BCUT2D eigenvalue weighted by Gasteiger charge is 2.28. The number of nitrogen functional groups attached to an aromatic ring is 1. The molecule has 2 amide bonds. The van der Waals surface area contributed by atoms with E-state index in [1.807, 2.05) is 20.8 Å². The summed E-state index contributed by atoms with van der Waals surface area (Å²) in [6.45, 7) is 6.59. The van der Waals surface area contributed by atoms with E-state index in [-0.39, 0.29) is 26.6 Å². The molecule has 7 nitrogen and oxygen atoms in total. The van der Waals surface area contributed by atoms with Gasteiger partial charge in [0.25, 0.3) is 0 Å². The fourth-order valence-corrected chi connectivity index (χ4v) is 2.06. The maximum Gasteiger partial charge on any atom is 0.410 e. The molecular weight excluding hydrogens is 315 g/mol. The Morgan fingerprint density at radius 3 is 2.29 bits per heavy atom. The van der Waals surface area contributed by atoms with E-state index < -0.39 is 5.60 Å². The van der Waals surface area contributed by atoms with Gasteiger partial charge in [0.2, 0.25) is 5.91 Å². The summed E-state index contributed by atoms with van der Waals surface area (Å²) in [5.41, 5.74) is 9.89.